The lowest BCUT2D eigenvalue weighted by molar-refractivity contribution is 0.378. The first-order valence-corrected chi connectivity index (χ1v) is 9.49. The number of methoxy groups -OCH3 is 1. The van der Waals surface area contributed by atoms with Crippen LogP contribution >= 0.6 is 0 Å². The molecule has 1 aromatic carbocycles. The molecule has 1 aliphatic rings. The highest BCUT2D eigenvalue weighted by Crippen LogP contribution is 2.15. The van der Waals surface area contributed by atoms with Crippen LogP contribution in [0.15, 0.2) is 60.0 Å². The first kappa shape index (κ1) is 18.7. The topological polar surface area (TPSA) is 97.7 Å². The average molecular weight is 392 g/mol. The molecule has 2 aromatic heterocycles. The molecule has 2 N–H and O–H groups in total. The van der Waals surface area contributed by atoms with Crippen molar-refractivity contribution in [2.75, 3.05) is 38.2 Å². The van der Waals surface area contributed by atoms with Crippen LogP contribution in [-0.4, -0.2) is 63.9 Å². The van der Waals surface area contributed by atoms with Gasteiger partial charge in [0.2, 0.25) is 5.95 Å². The van der Waals surface area contributed by atoms with Crippen LogP contribution in [0.4, 0.5) is 5.95 Å². The van der Waals surface area contributed by atoms with Crippen LogP contribution in [0.1, 0.15) is 5.69 Å². The molecule has 0 spiro atoms. The van der Waals surface area contributed by atoms with Crippen molar-refractivity contribution in [1.29, 1.82) is 0 Å². The SMILES string of the molecule is COc1ccc(-n2ccc(CN=C(N)N3CCN(c4ncccn4)CC3)n2)cc1. The van der Waals surface area contributed by atoms with E-state index in [1.807, 2.05) is 47.3 Å². The maximum atomic E-state index is 6.21. The molecule has 1 fully saturated rings. The predicted octanol–water partition coefficient (Wildman–Crippen LogP) is 1.31. The van der Waals surface area contributed by atoms with Crippen LogP contribution in [0, 0.1) is 0 Å². The zero-order valence-corrected chi connectivity index (χ0v) is 16.3. The summed E-state index contributed by atoms with van der Waals surface area (Å²) in [5, 5.41) is 4.57. The van der Waals surface area contributed by atoms with Crippen molar-refractivity contribution in [3.05, 3.63) is 60.7 Å². The maximum absolute atomic E-state index is 6.21. The summed E-state index contributed by atoms with van der Waals surface area (Å²) in [6, 6.07) is 11.5. The van der Waals surface area contributed by atoms with E-state index in [0.29, 0.717) is 12.5 Å². The van der Waals surface area contributed by atoms with Gasteiger partial charge in [-0.2, -0.15) is 5.10 Å². The molecule has 9 heteroatoms. The van der Waals surface area contributed by atoms with Crippen molar-refractivity contribution in [2.24, 2.45) is 10.7 Å². The molecule has 0 aliphatic carbocycles. The molecule has 0 atom stereocenters. The van der Waals surface area contributed by atoms with Crippen molar-refractivity contribution in [3.63, 3.8) is 0 Å². The standard InChI is InChI=1S/C20H24N8O/c1-29-18-5-3-17(4-6-18)28-10-7-16(25-28)15-24-19(21)26-11-13-27(14-12-26)20-22-8-2-9-23-20/h2-10H,11-15H2,1H3,(H2,21,24). The van der Waals surface area contributed by atoms with Gasteiger partial charge in [-0.15, -0.1) is 0 Å². The van der Waals surface area contributed by atoms with E-state index < -0.39 is 0 Å². The van der Waals surface area contributed by atoms with Crippen molar-refractivity contribution in [2.45, 2.75) is 6.54 Å². The number of nitrogens with zero attached hydrogens (tertiary/aromatic N) is 7. The molecule has 0 radical (unpaired) electrons. The van der Waals surface area contributed by atoms with E-state index in [0.717, 1.165) is 49.3 Å². The highest BCUT2D eigenvalue weighted by Gasteiger charge is 2.19. The van der Waals surface area contributed by atoms with E-state index in [9.17, 15) is 0 Å². The maximum Gasteiger partial charge on any atom is 0.225 e. The molecule has 9 nitrogen and oxygen atoms in total. The van der Waals surface area contributed by atoms with Crippen LogP contribution in [-0.2, 0) is 6.54 Å². The predicted molar refractivity (Wildman–Crippen MR) is 111 cm³/mol. The second kappa shape index (κ2) is 8.59. The van der Waals surface area contributed by atoms with Crippen LogP contribution in [0.3, 0.4) is 0 Å². The minimum absolute atomic E-state index is 0.441. The van der Waals surface area contributed by atoms with Gasteiger partial charge in [0.05, 0.1) is 25.0 Å². The Kier molecular flexibility index (Phi) is 5.55. The molecule has 1 aliphatic heterocycles. The number of anilines is 1. The van der Waals surface area contributed by atoms with Gasteiger partial charge >= 0.3 is 0 Å². The third kappa shape index (κ3) is 4.45. The lowest BCUT2D eigenvalue weighted by atomic mass is 10.3. The number of nitrogens with two attached hydrogens (primary N) is 1. The Balaban J connectivity index is 1.33. The van der Waals surface area contributed by atoms with Gasteiger partial charge in [-0.3, -0.25) is 0 Å². The lowest BCUT2D eigenvalue weighted by Crippen LogP contribution is -2.51. The first-order chi connectivity index (χ1) is 14.2. The number of rotatable bonds is 5. The number of aliphatic imine (C=N–C) groups is 1. The fourth-order valence-corrected chi connectivity index (χ4v) is 3.18. The van der Waals surface area contributed by atoms with Gasteiger partial charge in [0.15, 0.2) is 5.96 Å². The summed E-state index contributed by atoms with van der Waals surface area (Å²) in [4.78, 5) is 17.4. The molecule has 0 bridgehead atoms. The Hall–Kier alpha value is -3.62. The lowest BCUT2D eigenvalue weighted by Gasteiger charge is -2.35. The summed E-state index contributed by atoms with van der Waals surface area (Å²) < 4.78 is 7.01. The number of piperazine rings is 1. The Labute approximate surface area is 169 Å². The largest absolute Gasteiger partial charge is 0.497 e. The molecule has 3 aromatic rings. The van der Waals surface area contributed by atoms with E-state index in [4.69, 9.17) is 10.5 Å². The Morgan fingerprint density at radius 3 is 2.48 bits per heavy atom. The molecule has 0 saturated carbocycles. The molecular formula is C20H24N8O. The summed E-state index contributed by atoms with van der Waals surface area (Å²) >= 11 is 0. The third-order valence-corrected chi connectivity index (χ3v) is 4.82. The number of ether oxygens (including phenoxy) is 1. The molecule has 3 heterocycles. The Morgan fingerprint density at radius 2 is 1.79 bits per heavy atom. The number of hydrogen-bond donors (Lipinski definition) is 1. The molecule has 4 rings (SSSR count). The molecule has 0 unspecified atom stereocenters. The second-order valence-electron chi connectivity index (χ2n) is 6.65. The fraction of sp³-hybridized carbons (Fsp3) is 0.300. The highest BCUT2D eigenvalue weighted by atomic mass is 16.5. The normalized spacial score (nSPS) is 14.9. The number of guanidine groups is 1. The van der Waals surface area contributed by atoms with Gasteiger partial charge in [-0.25, -0.2) is 19.6 Å². The van der Waals surface area contributed by atoms with E-state index in [1.54, 1.807) is 19.5 Å². The van der Waals surface area contributed by atoms with E-state index in [1.165, 1.54) is 0 Å². The highest BCUT2D eigenvalue weighted by molar-refractivity contribution is 5.78. The minimum atomic E-state index is 0.441. The average Bonchev–Trinajstić information content (AvgIpc) is 3.27. The third-order valence-electron chi connectivity index (χ3n) is 4.82. The summed E-state index contributed by atoms with van der Waals surface area (Å²) in [6.07, 6.45) is 5.44. The summed E-state index contributed by atoms with van der Waals surface area (Å²) in [6.45, 7) is 3.64. The second-order valence-corrected chi connectivity index (χ2v) is 6.65. The monoisotopic (exact) mass is 392 g/mol. The van der Waals surface area contributed by atoms with Gasteiger partial charge in [0.1, 0.15) is 5.75 Å². The molecular weight excluding hydrogens is 368 g/mol. The Bertz CT molecular complexity index is 946. The van der Waals surface area contributed by atoms with Crippen molar-refractivity contribution >= 4 is 11.9 Å². The van der Waals surface area contributed by atoms with Gasteiger partial charge in [0, 0.05) is 44.8 Å². The molecule has 150 valence electrons. The van der Waals surface area contributed by atoms with Crippen LogP contribution < -0.4 is 15.4 Å². The first-order valence-electron chi connectivity index (χ1n) is 9.49. The van der Waals surface area contributed by atoms with Gasteiger partial charge in [-0.1, -0.05) is 0 Å². The van der Waals surface area contributed by atoms with Gasteiger partial charge < -0.3 is 20.3 Å². The Morgan fingerprint density at radius 1 is 1.07 bits per heavy atom. The van der Waals surface area contributed by atoms with Crippen LogP contribution in [0.25, 0.3) is 5.69 Å². The van der Waals surface area contributed by atoms with E-state index >= 15 is 0 Å². The summed E-state index contributed by atoms with van der Waals surface area (Å²) in [5.41, 5.74) is 8.04. The number of aromatic nitrogens is 4. The summed E-state index contributed by atoms with van der Waals surface area (Å²) in [7, 11) is 1.65. The quantitative estimate of drug-likeness (QED) is 0.516. The van der Waals surface area contributed by atoms with E-state index in [2.05, 4.69) is 29.9 Å². The summed E-state index contributed by atoms with van der Waals surface area (Å²) in [5.74, 6) is 2.11. The molecule has 29 heavy (non-hydrogen) atoms. The zero-order chi connectivity index (χ0) is 20.1. The van der Waals surface area contributed by atoms with Crippen molar-refractivity contribution < 1.29 is 4.74 Å². The smallest absolute Gasteiger partial charge is 0.225 e. The number of hydrogen-bond acceptors (Lipinski definition) is 6. The molecule has 0 amide bonds. The van der Waals surface area contributed by atoms with E-state index in [-0.39, 0.29) is 0 Å². The van der Waals surface area contributed by atoms with Crippen molar-refractivity contribution in [1.82, 2.24) is 24.6 Å². The van der Waals surface area contributed by atoms with Crippen LogP contribution in [0.5, 0.6) is 5.75 Å². The number of benzene rings is 1. The van der Waals surface area contributed by atoms with Crippen LogP contribution in [0.2, 0.25) is 0 Å². The van der Waals surface area contributed by atoms with Crippen molar-refractivity contribution in [3.8, 4) is 11.4 Å². The van der Waals surface area contributed by atoms with Gasteiger partial charge in [-0.05, 0) is 36.4 Å². The van der Waals surface area contributed by atoms with Gasteiger partial charge in [0.25, 0.3) is 0 Å². The minimum Gasteiger partial charge on any atom is -0.497 e. The zero-order valence-electron chi connectivity index (χ0n) is 16.3. The fourth-order valence-electron chi connectivity index (χ4n) is 3.18. The molecule has 1 saturated heterocycles.